The minimum Gasteiger partial charge on any atom is -0.382 e. The zero-order valence-electron chi connectivity index (χ0n) is 14.7. The summed E-state index contributed by atoms with van der Waals surface area (Å²) >= 11 is 0. The van der Waals surface area contributed by atoms with Gasteiger partial charge < -0.3 is 24.4 Å². The second-order valence-corrected chi connectivity index (χ2v) is 6.90. The van der Waals surface area contributed by atoms with E-state index in [0.717, 1.165) is 38.7 Å². The lowest BCUT2D eigenvalue weighted by Crippen LogP contribution is -2.69. The Bertz CT molecular complexity index is 423. The summed E-state index contributed by atoms with van der Waals surface area (Å²) in [6, 6.07) is 0.496. The van der Waals surface area contributed by atoms with E-state index in [1.54, 1.807) is 7.11 Å². The van der Waals surface area contributed by atoms with Crippen LogP contribution in [0.1, 0.15) is 32.6 Å². The van der Waals surface area contributed by atoms with Crippen LogP contribution in [-0.4, -0.2) is 76.2 Å². The number of aliphatic imine (C=N–C) groups is 1. The summed E-state index contributed by atoms with van der Waals surface area (Å²) in [5, 5.41) is 3.72. The molecule has 2 saturated carbocycles. The summed E-state index contributed by atoms with van der Waals surface area (Å²) in [5.41, 5.74) is 0.351. The Morgan fingerprint density at radius 2 is 2.26 bits per heavy atom. The van der Waals surface area contributed by atoms with E-state index >= 15 is 0 Å². The molecule has 6 nitrogen and oxygen atoms in total. The molecule has 1 aliphatic heterocycles. The van der Waals surface area contributed by atoms with E-state index in [2.05, 4.69) is 22.1 Å². The highest BCUT2D eigenvalue weighted by Crippen LogP contribution is 2.57. The van der Waals surface area contributed by atoms with Crippen LogP contribution in [0.4, 0.5) is 0 Å². The number of hydrogen-bond donors (Lipinski definition) is 1. The highest BCUT2D eigenvalue weighted by molar-refractivity contribution is 5.80. The van der Waals surface area contributed by atoms with Crippen LogP contribution in [0.25, 0.3) is 0 Å². The predicted molar refractivity (Wildman–Crippen MR) is 89.8 cm³/mol. The smallest absolute Gasteiger partial charge is 0.194 e. The van der Waals surface area contributed by atoms with E-state index in [9.17, 15) is 0 Å². The molecule has 23 heavy (non-hydrogen) atoms. The van der Waals surface area contributed by atoms with Gasteiger partial charge in [-0.05, 0) is 26.2 Å². The van der Waals surface area contributed by atoms with Crippen LogP contribution in [0.15, 0.2) is 4.99 Å². The number of nitrogens with zero attached hydrogens (tertiary/aromatic N) is 2. The first kappa shape index (κ1) is 17.0. The molecule has 2 aliphatic carbocycles. The molecule has 1 N–H and O–H groups in total. The first-order valence-electron chi connectivity index (χ1n) is 8.94. The first-order chi connectivity index (χ1) is 11.2. The maximum atomic E-state index is 5.95. The van der Waals surface area contributed by atoms with Gasteiger partial charge in [0, 0.05) is 45.3 Å². The van der Waals surface area contributed by atoms with Gasteiger partial charge in [-0.3, -0.25) is 4.99 Å². The number of guanidine groups is 1. The predicted octanol–water partition coefficient (Wildman–Crippen LogP) is 1.26. The van der Waals surface area contributed by atoms with Gasteiger partial charge in [0.15, 0.2) is 5.96 Å². The molecule has 6 heteroatoms. The van der Waals surface area contributed by atoms with Gasteiger partial charge >= 0.3 is 0 Å². The van der Waals surface area contributed by atoms with Crippen LogP contribution in [-0.2, 0) is 14.2 Å². The average Bonchev–Trinajstić information content (AvgIpc) is 2.49. The van der Waals surface area contributed by atoms with E-state index in [1.807, 2.05) is 7.05 Å². The molecule has 1 spiro atoms. The van der Waals surface area contributed by atoms with Crippen molar-refractivity contribution in [1.29, 1.82) is 0 Å². The second kappa shape index (κ2) is 7.36. The number of hydrogen-bond acceptors (Lipinski definition) is 4. The summed E-state index contributed by atoms with van der Waals surface area (Å²) < 4.78 is 16.9. The van der Waals surface area contributed by atoms with Crippen molar-refractivity contribution in [2.75, 3.05) is 47.1 Å². The molecule has 3 unspecified atom stereocenters. The maximum Gasteiger partial charge on any atom is 0.194 e. The second-order valence-electron chi connectivity index (χ2n) is 6.90. The lowest BCUT2D eigenvalue weighted by atomic mass is 9.51. The fourth-order valence-corrected chi connectivity index (χ4v) is 4.29. The number of morpholine rings is 1. The molecule has 0 amide bonds. The summed E-state index contributed by atoms with van der Waals surface area (Å²) in [6.45, 7) is 5.99. The number of rotatable bonds is 5. The highest BCUT2D eigenvalue weighted by Gasteiger charge is 2.59. The van der Waals surface area contributed by atoms with Crippen LogP contribution in [0, 0.1) is 5.41 Å². The monoisotopic (exact) mass is 325 g/mol. The molecule has 3 rings (SSSR count). The van der Waals surface area contributed by atoms with Crippen molar-refractivity contribution in [3.63, 3.8) is 0 Å². The fraction of sp³-hybridized carbons (Fsp3) is 0.941. The zero-order valence-corrected chi connectivity index (χ0v) is 14.7. The Morgan fingerprint density at radius 1 is 1.43 bits per heavy atom. The van der Waals surface area contributed by atoms with Crippen molar-refractivity contribution in [3.8, 4) is 0 Å². The Balaban J connectivity index is 1.58. The third-order valence-corrected chi connectivity index (χ3v) is 5.74. The Morgan fingerprint density at radius 3 is 2.87 bits per heavy atom. The van der Waals surface area contributed by atoms with Gasteiger partial charge in [-0.1, -0.05) is 6.42 Å². The van der Waals surface area contributed by atoms with E-state index in [4.69, 9.17) is 14.2 Å². The third-order valence-electron chi connectivity index (χ3n) is 5.74. The van der Waals surface area contributed by atoms with E-state index in [1.165, 1.54) is 19.3 Å². The minimum absolute atomic E-state index is 0.127. The number of methoxy groups -OCH3 is 1. The van der Waals surface area contributed by atoms with Gasteiger partial charge in [0.1, 0.15) is 0 Å². The van der Waals surface area contributed by atoms with Crippen molar-refractivity contribution in [2.24, 2.45) is 10.4 Å². The first-order valence-corrected chi connectivity index (χ1v) is 8.94. The van der Waals surface area contributed by atoms with Crippen LogP contribution in [0.5, 0.6) is 0 Å². The quantitative estimate of drug-likeness (QED) is 0.609. The van der Waals surface area contributed by atoms with E-state index in [-0.39, 0.29) is 6.10 Å². The largest absolute Gasteiger partial charge is 0.382 e. The van der Waals surface area contributed by atoms with Crippen molar-refractivity contribution in [1.82, 2.24) is 10.2 Å². The van der Waals surface area contributed by atoms with Crippen molar-refractivity contribution >= 4 is 5.96 Å². The van der Waals surface area contributed by atoms with Gasteiger partial charge in [0.25, 0.3) is 0 Å². The molecule has 0 aromatic heterocycles. The SMILES string of the molecule is CCOC1CC(NC(=NC)N2CCOC(COC)C2)C12CCC2. The normalized spacial score (nSPS) is 33.3. The summed E-state index contributed by atoms with van der Waals surface area (Å²) in [7, 11) is 3.59. The van der Waals surface area contributed by atoms with Crippen molar-refractivity contribution < 1.29 is 14.2 Å². The van der Waals surface area contributed by atoms with Crippen LogP contribution < -0.4 is 5.32 Å². The van der Waals surface area contributed by atoms with Gasteiger partial charge in [-0.15, -0.1) is 0 Å². The third kappa shape index (κ3) is 3.21. The zero-order chi connectivity index (χ0) is 16.3. The molecule has 3 aliphatic rings. The standard InChI is InChI=1S/C17H31N3O3/c1-4-22-15-10-14(17(15)6-5-7-17)19-16(18-2)20-8-9-23-13(11-20)12-21-3/h13-15H,4-12H2,1-3H3,(H,18,19). The van der Waals surface area contributed by atoms with Gasteiger partial charge in [-0.25, -0.2) is 0 Å². The lowest BCUT2D eigenvalue weighted by molar-refractivity contribution is -0.169. The molecule has 3 atom stereocenters. The lowest BCUT2D eigenvalue weighted by Gasteiger charge is -2.61. The van der Waals surface area contributed by atoms with Gasteiger partial charge in [-0.2, -0.15) is 0 Å². The number of ether oxygens (including phenoxy) is 3. The average molecular weight is 325 g/mol. The molecule has 3 fully saturated rings. The fourth-order valence-electron chi connectivity index (χ4n) is 4.29. The van der Waals surface area contributed by atoms with Gasteiger partial charge in [0.2, 0.25) is 0 Å². The van der Waals surface area contributed by atoms with E-state index < -0.39 is 0 Å². The highest BCUT2D eigenvalue weighted by atomic mass is 16.5. The van der Waals surface area contributed by atoms with Crippen molar-refractivity contribution in [2.45, 2.75) is 50.9 Å². The van der Waals surface area contributed by atoms with Crippen LogP contribution >= 0.6 is 0 Å². The maximum absolute atomic E-state index is 5.95. The Labute approximate surface area is 139 Å². The molecule has 132 valence electrons. The number of nitrogens with one attached hydrogen (secondary N) is 1. The molecule has 0 aromatic rings. The molecule has 0 bridgehead atoms. The molecule has 1 saturated heterocycles. The molecular formula is C17H31N3O3. The Kier molecular flexibility index (Phi) is 5.44. The summed E-state index contributed by atoms with van der Waals surface area (Å²) in [6.07, 6.45) is 5.54. The minimum atomic E-state index is 0.127. The summed E-state index contributed by atoms with van der Waals surface area (Å²) in [5.74, 6) is 1.00. The molecule has 1 heterocycles. The topological polar surface area (TPSA) is 55.3 Å². The Hall–Kier alpha value is -0.850. The van der Waals surface area contributed by atoms with Crippen LogP contribution in [0.3, 0.4) is 0 Å². The van der Waals surface area contributed by atoms with E-state index in [0.29, 0.717) is 24.2 Å². The molecule has 0 radical (unpaired) electrons. The van der Waals surface area contributed by atoms with Gasteiger partial charge in [0.05, 0.1) is 25.4 Å². The van der Waals surface area contributed by atoms with Crippen LogP contribution in [0.2, 0.25) is 0 Å². The molecule has 0 aromatic carbocycles. The molecular weight excluding hydrogens is 294 g/mol. The van der Waals surface area contributed by atoms with Crippen molar-refractivity contribution in [3.05, 3.63) is 0 Å². The summed E-state index contributed by atoms with van der Waals surface area (Å²) in [4.78, 5) is 6.82.